The predicted molar refractivity (Wildman–Crippen MR) is 94.3 cm³/mol. The first-order valence-corrected chi connectivity index (χ1v) is 8.37. The number of nitro benzene ring substituents is 1. The molecule has 3 aromatic rings. The average molecular weight is 340 g/mol. The first kappa shape index (κ1) is 16.1. The Hall–Kier alpha value is -2.80. The van der Waals surface area contributed by atoms with Gasteiger partial charge < -0.3 is 4.57 Å². The Balaban J connectivity index is 2.05. The summed E-state index contributed by atoms with van der Waals surface area (Å²) in [6.07, 6.45) is 1.75. The van der Waals surface area contributed by atoms with Gasteiger partial charge in [-0.1, -0.05) is 0 Å². The number of aromatic nitrogens is 2. The number of pyridine rings is 1. The molecule has 122 valence electrons. The van der Waals surface area contributed by atoms with E-state index in [1.54, 1.807) is 18.3 Å². The summed E-state index contributed by atoms with van der Waals surface area (Å²) in [4.78, 5) is 20.1. The van der Waals surface area contributed by atoms with Gasteiger partial charge in [0.05, 0.1) is 10.6 Å². The van der Waals surface area contributed by atoms with Crippen molar-refractivity contribution in [2.24, 2.45) is 4.99 Å². The smallest absolute Gasteiger partial charge is 0.269 e. The van der Waals surface area contributed by atoms with Crippen LogP contribution in [-0.4, -0.2) is 14.5 Å². The van der Waals surface area contributed by atoms with Gasteiger partial charge in [-0.05, 0) is 49.2 Å². The summed E-state index contributed by atoms with van der Waals surface area (Å²) in [5, 5.41) is 12.8. The maximum absolute atomic E-state index is 10.8. The lowest BCUT2D eigenvalue weighted by Crippen LogP contribution is -2.14. The van der Waals surface area contributed by atoms with Crippen LogP contribution in [0.15, 0.2) is 53.0 Å². The molecule has 0 saturated carbocycles. The molecule has 24 heavy (non-hydrogen) atoms. The van der Waals surface area contributed by atoms with E-state index in [-0.39, 0.29) is 5.69 Å². The standard InChI is InChI=1S/C17H16N4O2S/c1-3-20-15(13-4-6-14(7-5-13)21(22)23)11-24-17(20)19-16-10-12(2)8-9-18-16/h4-11H,3H2,1-2H3. The molecule has 0 saturated heterocycles. The Bertz CT molecular complexity index is 942. The lowest BCUT2D eigenvalue weighted by Gasteiger charge is -2.06. The van der Waals surface area contributed by atoms with Crippen molar-refractivity contribution in [2.45, 2.75) is 20.4 Å². The summed E-state index contributed by atoms with van der Waals surface area (Å²) in [6, 6.07) is 10.4. The molecule has 0 unspecified atom stereocenters. The van der Waals surface area contributed by atoms with E-state index in [0.717, 1.165) is 28.2 Å². The van der Waals surface area contributed by atoms with Gasteiger partial charge in [0, 0.05) is 30.3 Å². The van der Waals surface area contributed by atoms with Crippen LogP contribution in [0.25, 0.3) is 11.3 Å². The Morgan fingerprint density at radius 2 is 2.04 bits per heavy atom. The Kier molecular flexibility index (Phi) is 4.52. The minimum atomic E-state index is -0.393. The first-order valence-electron chi connectivity index (χ1n) is 7.49. The monoisotopic (exact) mass is 340 g/mol. The molecule has 6 nitrogen and oxygen atoms in total. The van der Waals surface area contributed by atoms with Crippen LogP contribution in [0.5, 0.6) is 0 Å². The zero-order valence-electron chi connectivity index (χ0n) is 13.3. The van der Waals surface area contributed by atoms with Gasteiger partial charge in [0.15, 0.2) is 10.6 Å². The minimum absolute atomic E-state index is 0.0888. The average Bonchev–Trinajstić information content (AvgIpc) is 2.97. The molecule has 7 heteroatoms. The molecular formula is C17H16N4O2S. The molecule has 3 rings (SSSR count). The molecule has 0 radical (unpaired) electrons. The van der Waals surface area contributed by atoms with E-state index in [4.69, 9.17) is 0 Å². The highest BCUT2D eigenvalue weighted by Gasteiger charge is 2.10. The van der Waals surface area contributed by atoms with Crippen LogP contribution in [0.1, 0.15) is 12.5 Å². The third kappa shape index (κ3) is 3.26. The number of benzene rings is 1. The van der Waals surface area contributed by atoms with Crippen molar-refractivity contribution in [1.29, 1.82) is 0 Å². The van der Waals surface area contributed by atoms with Crippen LogP contribution >= 0.6 is 11.3 Å². The van der Waals surface area contributed by atoms with Gasteiger partial charge >= 0.3 is 0 Å². The molecular weight excluding hydrogens is 324 g/mol. The Labute approximate surface area is 142 Å². The molecule has 0 aliphatic rings. The molecule has 0 bridgehead atoms. The topological polar surface area (TPSA) is 73.3 Å². The van der Waals surface area contributed by atoms with Crippen molar-refractivity contribution in [3.63, 3.8) is 0 Å². The summed E-state index contributed by atoms with van der Waals surface area (Å²) >= 11 is 1.53. The number of thiazole rings is 1. The summed E-state index contributed by atoms with van der Waals surface area (Å²) in [6.45, 7) is 4.80. The van der Waals surface area contributed by atoms with Crippen molar-refractivity contribution in [1.82, 2.24) is 9.55 Å². The summed E-state index contributed by atoms with van der Waals surface area (Å²) in [5.74, 6) is 0.675. The van der Waals surface area contributed by atoms with Gasteiger partial charge in [-0.2, -0.15) is 0 Å². The van der Waals surface area contributed by atoms with Crippen LogP contribution in [0.2, 0.25) is 0 Å². The zero-order valence-corrected chi connectivity index (χ0v) is 14.2. The number of non-ortho nitro benzene ring substituents is 1. The number of nitrogens with zero attached hydrogens (tertiary/aromatic N) is 4. The van der Waals surface area contributed by atoms with Crippen LogP contribution in [0.4, 0.5) is 11.5 Å². The van der Waals surface area contributed by atoms with Crippen LogP contribution in [0.3, 0.4) is 0 Å². The highest BCUT2D eigenvalue weighted by atomic mass is 32.1. The van der Waals surface area contributed by atoms with Crippen LogP contribution in [-0.2, 0) is 6.54 Å². The van der Waals surface area contributed by atoms with Crippen molar-refractivity contribution >= 4 is 22.8 Å². The lowest BCUT2D eigenvalue weighted by atomic mass is 10.1. The second kappa shape index (κ2) is 6.76. The summed E-state index contributed by atoms with van der Waals surface area (Å²) in [5.41, 5.74) is 3.12. The molecule has 2 heterocycles. The van der Waals surface area contributed by atoms with Crippen LogP contribution < -0.4 is 4.80 Å². The minimum Gasteiger partial charge on any atom is -0.317 e. The SMILES string of the molecule is CCn1c(-c2ccc([N+](=O)[O-])cc2)csc1=Nc1cc(C)ccn1. The molecule has 0 spiro atoms. The van der Waals surface area contributed by atoms with Crippen molar-refractivity contribution in [3.05, 3.63) is 68.5 Å². The molecule has 0 aliphatic heterocycles. The summed E-state index contributed by atoms with van der Waals surface area (Å²) < 4.78 is 2.08. The fourth-order valence-corrected chi connectivity index (χ4v) is 3.37. The van der Waals surface area contributed by atoms with Crippen molar-refractivity contribution in [2.75, 3.05) is 0 Å². The van der Waals surface area contributed by atoms with E-state index in [2.05, 4.69) is 14.5 Å². The predicted octanol–water partition coefficient (Wildman–Crippen LogP) is 4.08. The zero-order chi connectivity index (χ0) is 17.1. The molecule has 0 fully saturated rings. The van der Waals surface area contributed by atoms with Gasteiger partial charge in [0.25, 0.3) is 5.69 Å². The number of nitro groups is 1. The number of hydrogen-bond acceptors (Lipinski definition) is 5. The second-order valence-electron chi connectivity index (χ2n) is 5.25. The molecule has 1 aromatic carbocycles. The molecule has 0 N–H and O–H groups in total. The molecule has 0 aliphatic carbocycles. The Morgan fingerprint density at radius 1 is 1.29 bits per heavy atom. The number of rotatable bonds is 4. The maximum Gasteiger partial charge on any atom is 0.269 e. The fourth-order valence-electron chi connectivity index (χ4n) is 2.39. The number of aryl methyl sites for hydroxylation is 1. The van der Waals surface area contributed by atoms with Gasteiger partial charge in [-0.3, -0.25) is 10.1 Å². The molecule has 2 aromatic heterocycles. The third-order valence-electron chi connectivity index (χ3n) is 3.60. The van der Waals surface area contributed by atoms with Crippen molar-refractivity contribution in [3.8, 4) is 11.3 Å². The van der Waals surface area contributed by atoms with E-state index in [1.807, 2.05) is 31.4 Å². The van der Waals surface area contributed by atoms with E-state index >= 15 is 0 Å². The van der Waals surface area contributed by atoms with E-state index in [1.165, 1.54) is 23.5 Å². The van der Waals surface area contributed by atoms with Gasteiger partial charge in [0.1, 0.15) is 0 Å². The van der Waals surface area contributed by atoms with Crippen molar-refractivity contribution < 1.29 is 4.92 Å². The highest BCUT2D eigenvalue weighted by Crippen LogP contribution is 2.23. The largest absolute Gasteiger partial charge is 0.317 e. The van der Waals surface area contributed by atoms with E-state index < -0.39 is 4.92 Å². The van der Waals surface area contributed by atoms with E-state index in [0.29, 0.717) is 5.82 Å². The molecule has 0 atom stereocenters. The van der Waals surface area contributed by atoms with Gasteiger partial charge in [-0.15, -0.1) is 11.3 Å². The highest BCUT2D eigenvalue weighted by molar-refractivity contribution is 7.07. The Morgan fingerprint density at radius 3 is 2.67 bits per heavy atom. The maximum atomic E-state index is 10.8. The quantitative estimate of drug-likeness (QED) is 0.530. The third-order valence-corrected chi connectivity index (χ3v) is 4.46. The molecule has 0 amide bonds. The first-order chi connectivity index (χ1) is 11.6. The fraction of sp³-hybridized carbons (Fsp3) is 0.176. The van der Waals surface area contributed by atoms with Gasteiger partial charge in [0.2, 0.25) is 0 Å². The number of hydrogen-bond donors (Lipinski definition) is 0. The second-order valence-corrected chi connectivity index (χ2v) is 6.09. The summed E-state index contributed by atoms with van der Waals surface area (Å²) in [7, 11) is 0. The lowest BCUT2D eigenvalue weighted by molar-refractivity contribution is -0.384. The van der Waals surface area contributed by atoms with Crippen LogP contribution in [0, 0.1) is 17.0 Å². The van der Waals surface area contributed by atoms with E-state index in [9.17, 15) is 10.1 Å². The normalized spacial score (nSPS) is 11.7. The van der Waals surface area contributed by atoms with Gasteiger partial charge in [-0.25, -0.2) is 9.98 Å².